The fourth-order valence-electron chi connectivity index (χ4n) is 2.98. The van der Waals surface area contributed by atoms with Crippen molar-refractivity contribution in [3.05, 3.63) is 36.5 Å². The molecular weight excluding hydrogens is 296 g/mol. The summed E-state index contributed by atoms with van der Waals surface area (Å²) in [5.41, 5.74) is 4.96. The monoisotopic (exact) mass is 314 g/mol. The van der Waals surface area contributed by atoms with Crippen LogP contribution in [0.4, 0.5) is 10.6 Å². The fourth-order valence-corrected chi connectivity index (χ4v) is 2.98. The molecule has 0 radical (unpaired) electrons. The number of amides is 1. The van der Waals surface area contributed by atoms with Gasteiger partial charge in [-0.3, -0.25) is 4.90 Å². The molecule has 0 spiro atoms. The Hall–Kier alpha value is -2.67. The van der Waals surface area contributed by atoms with Crippen LogP contribution < -0.4 is 10.6 Å². The van der Waals surface area contributed by atoms with Gasteiger partial charge < -0.3 is 20.5 Å². The summed E-state index contributed by atoms with van der Waals surface area (Å²) in [5.74, 6) is 0.731. The van der Waals surface area contributed by atoms with E-state index in [1.165, 1.54) is 0 Å². The number of piperazine rings is 1. The molecule has 0 saturated carbocycles. The SMILES string of the molecule is NC1(CC=O)CN(c2cc3ccccc3cn2)CCN1C(=O)O. The van der Waals surface area contributed by atoms with E-state index in [1.54, 1.807) is 6.20 Å². The lowest BCUT2D eigenvalue weighted by atomic mass is 10.0. The van der Waals surface area contributed by atoms with Crippen LogP contribution in [0, 0.1) is 0 Å². The minimum absolute atomic E-state index is 0.0522. The summed E-state index contributed by atoms with van der Waals surface area (Å²) in [6, 6.07) is 9.83. The predicted molar refractivity (Wildman–Crippen MR) is 86.3 cm³/mol. The molecule has 1 aromatic carbocycles. The number of hydrogen-bond acceptors (Lipinski definition) is 5. The molecule has 3 rings (SSSR count). The molecule has 7 nitrogen and oxygen atoms in total. The quantitative estimate of drug-likeness (QED) is 0.828. The Morgan fingerprint density at radius 3 is 2.78 bits per heavy atom. The summed E-state index contributed by atoms with van der Waals surface area (Å²) in [5, 5.41) is 11.4. The molecule has 3 N–H and O–H groups in total. The molecule has 0 bridgehead atoms. The molecule has 2 aromatic rings. The molecule has 120 valence electrons. The number of anilines is 1. The first-order valence-electron chi connectivity index (χ1n) is 7.36. The number of carbonyl (C=O) groups is 2. The second kappa shape index (κ2) is 5.85. The third-order valence-corrected chi connectivity index (χ3v) is 4.20. The third kappa shape index (κ3) is 2.83. The molecule has 1 atom stereocenters. The van der Waals surface area contributed by atoms with Gasteiger partial charge in [-0.2, -0.15) is 0 Å². The Kier molecular flexibility index (Phi) is 3.87. The zero-order valence-corrected chi connectivity index (χ0v) is 12.6. The van der Waals surface area contributed by atoms with Gasteiger partial charge in [-0.05, 0) is 11.5 Å². The maximum Gasteiger partial charge on any atom is 0.408 e. The van der Waals surface area contributed by atoms with Crippen LogP contribution in [0.3, 0.4) is 0 Å². The standard InChI is InChI=1S/C16H18N4O3/c17-16(5-8-21)11-19(6-7-20(16)15(22)23)14-9-12-3-1-2-4-13(12)10-18-14/h1-4,8-10H,5-7,11,17H2,(H,22,23). The number of carbonyl (C=O) groups excluding carboxylic acids is 1. The molecule has 1 fully saturated rings. The van der Waals surface area contributed by atoms with Crippen molar-refractivity contribution in [3.63, 3.8) is 0 Å². The van der Waals surface area contributed by atoms with Crippen LogP contribution >= 0.6 is 0 Å². The van der Waals surface area contributed by atoms with Gasteiger partial charge >= 0.3 is 6.09 Å². The summed E-state index contributed by atoms with van der Waals surface area (Å²) >= 11 is 0. The zero-order valence-electron chi connectivity index (χ0n) is 12.6. The number of rotatable bonds is 3. The van der Waals surface area contributed by atoms with E-state index in [9.17, 15) is 14.7 Å². The van der Waals surface area contributed by atoms with Crippen LogP contribution in [0.15, 0.2) is 36.5 Å². The van der Waals surface area contributed by atoms with Crippen molar-refractivity contribution in [2.75, 3.05) is 24.5 Å². The number of nitrogens with zero attached hydrogens (tertiary/aromatic N) is 3. The molecule has 1 amide bonds. The second-order valence-electron chi connectivity index (χ2n) is 5.72. The molecule has 7 heteroatoms. The number of fused-ring (bicyclic) bond motifs is 1. The molecule has 1 aliphatic rings. The maximum atomic E-state index is 11.4. The van der Waals surface area contributed by atoms with Gasteiger partial charge in [0.25, 0.3) is 0 Å². The Labute approximate surface area is 133 Å². The van der Waals surface area contributed by atoms with E-state index in [0.29, 0.717) is 12.8 Å². The van der Waals surface area contributed by atoms with Crippen molar-refractivity contribution < 1.29 is 14.7 Å². The van der Waals surface area contributed by atoms with Gasteiger partial charge in [0, 0.05) is 31.1 Å². The van der Waals surface area contributed by atoms with Crippen LogP contribution in [0.5, 0.6) is 0 Å². The average molecular weight is 314 g/mol. The second-order valence-corrected chi connectivity index (χ2v) is 5.72. The predicted octanol–water partition coefficient (Wildman–Crippen LogP) is 1.28. The molecule has 23 heavy (non-hydrogen) atoms. The summed E-state index contributed by atoms with van der Waals surface area (Å²) < 4.78 is 0. The van der Waals surface area contributed by atoms with Crippen LogP contribution in [0.25, 0.3) is 10.8 Å². The number of benzene rings is 1. The number of pyridine rings is 1. The van der Waals surface area contributed by atoms with Crippen molar-refractivity contribution in [1.82, 2.24) is 9.88 Å². The highest BCUT2D eigenvalue weighted by Gasteiger charge is 2.41. The van der Waals surface area contributed by atoms with Crippen LogP contribution in [-0.4, -0.2) is 52.7 Å². The maximum absolute atomic E-state index is 11.4. The van der Waals surface area contributed by atoms with Gasteiger partial charge in [-0.15, -0.1) is 0 Å². The molecule has 1 aliphatic heterocycles. The highest BCUT2D eigenvalue weighted by molar-refractivity contribution is 5.84. The molecule has 1 aromatic heterocycles. The Morgan fingerprint density at radius 1 is 1.35 bits per heavy atom. The van der Waals surface area contributed by atoms with Crippen LogP contribution in [-0.2, 0) is 4.79 Å². The Bertz CT molecular complexity index is 751. The average Bonchev–Trinajstić information content (AvgIpc) is 2.54. The Morgan fingerprint density at radius 2 is 2.09 bits per heavy atom. The topological polar surface area (TPSA) is 99.8 Å². The van der Waals surface area contributed by atoms with E-state index < -0.39 is 11.8 Å². The number of aldehydes is 1. The largest absolute Gasteiger partial charge is 0.465 e. The Balaban J connectivity index is 1.91. The van der Waals surface area contributed by atoms with E-state index >= 15 is 0 Å². The van der Waals surface area contributed by atoms with Gasteiger partial charge in [-0.25, -0.2) is 9.78 Å². The minimum Gasteiger partial charge on any atom is -0.465 e. The number of nitrogens with two attached hydrogens (primary N) is 1. The first kappa shape index (κ1) is 15.2. The zero-order chi connectivity index (χ0) is 16.4. The molecular formula is C16H18N4O3. The smallest absolute Gasteiger partial charge is 0.408 e. The summed E-state index contributed by atoms with van der Waals surface area (Å²) in [6.07, 6.45) is 1.28. The van der Waals surface area contributed by atoms with Gasteiger partial charge in [0.2, 0.25) is 0 Å². The number of hydrogen-bond donors (Lipinski definition) is 2. The molecule has 1 unspecified atom stereocenters. The van der Waals surface area contributed by atoms with Crippen LogP contribution in [0.2, 0.25) is 0 Å². The molecule has 0 aliphatic carbocycles. The van der Waals surface area contributed by atoms with Gasteiger partial charge in [0.05, 0.1) is 6.54 Å². The lowest BCUT2D eigenvalue weighted by Crippen LogP contribution is -2.69. The van der Waals surface area contributed by atoms with Crippen molar-refractivity contribution in [3.8, 4) is 0 Å². The first-order valence-corrected chi connectivity index (χ1v) is 7.36. The van der Waals surface area contributed by atoms with Crippen molar-refractivity contribution in [2.24, 2.45) is 5.73 Å². The van der Waals surface area contributed by atoms with Crippen molar-refractivity contribution in [1.29, 1.82) is 0 Å². The number of carboxylic acid groups (broad SMARTS) is 1. The normalized spacial score (nSPS) is 21.4. The van der Waals surface area contributed by atoms with Crippen LogP contribution in [0.1, 0.15) is 6.42 Å². The van der Waals surface area contributed by atoms with E-state index in [4.69, 9.17) is 5.73 Å². The number of aromatic nitrogens is 1. The first-order chi connectivity index (χ1) is 11.0. The molecule has 1 saturated heterocycles. The highest BCUT2D eigenvalue weighted by atomic mass is 16.4. The van der Waals surface area contributed by atoms with Gasteiger partial charge in [-0.1, -0.05) is 24.3 Å². The van der Waals surface area contributed by atoms with E-state index in [-0.39, 0.29) is 19.5 Å². The third-order valence-electron chi connectivity index (χ3n) is 4.20. The fraction of sp³-hybridized carbons (Fsp3) is 0.312. The van der Waals surface area contributed by atoms with E-state index in [1.807, 2.05) is 35.2 Å². The van der Waals surface area contributed by atoms with E-state index in [2.05, 4.69) is 4.98 Å². The summed E-state index contributed by atoms with van der Waals surface area (Å²) in [6.45, 7) is 0.938. The summed E-state index contributed by atoms with van der Waals surface area (Å²) in [4.78, 5) is 29.8. The lowest BCUT2D eigenvalue weighted by Gasteiger charge is -2.46. The van der Waals surface area contributed by atoms with E-state index in [0.717, 1.165) is 21.5 Å². The van der Waals surface area contributed by atoms with Gasteiger partial charge in [0.15, 0.2) is 0 Å². The van der Waals surface area contributed by atoms with Crippen molar-refractivity contribution in [2.45, 2.75) is 12.1 Å². The summed E-state index contributed by atoms with van der Waals surface area (Å²) in [7, 11) is 0. The van der Waals surface area contributed by atoms with Crippen molar-refractivity contribution >= 4 is 29.0 Å². The minimum atomic E-state index is -1.24. The highest BCUT2D eigenvalue weighted by Crippen LogP contribution is 2.25. The van der Waals surface area contributed by atoms with Gasteiger partial charge in [0.1, 0.15) is 17.8 Å². The lowest BCUT2D eigenvalue weighted by molar-refractivity contribution is -0.110. The molecule has 2 heterocycles.